The second kappa shape index (κ2) is 7.17. The molecule has 0 bridgehead atoms. The fourth-order valence-corrected chi connectivity index (χ4v) is 4.13. The Morgan fingerprint density at radius 3 is 2.90 bits per heavy atom. The van der Waals surface area contributed by atoms with Gasteiger partial charge in [-0.1, -0.05) is 18.2 Å². The summed E-state index contributed by atoms with van der Waals surface area (Å²) in [5.41, 5.74) is 5.02. The molecule has 1 fully saturated rings. The molecule has 2 aromatic carbocycles. The van der Waals surface area contributed by atoms with Crippen molar-refractivity contribution in [2.24, 2.45) is 0 Å². The van der Waals surface area contributed by atoms with Gasteiger partial charge in [0.2, 0.25) is 0 Å². The van der Waals surface area contributed by atoms with E-state index in [9.17, 15) is 0 Å². The van der Waals surface area contributed by atoms with Crippen LogP contribution in [0.1, 0.15) is 6.92 Å². The van der Waals surface area contributed by atoms with E-state index >= 15 is 0 Å². The van der Waals surface area contributed by atoms with Crippen molar-refractivity contribution in [1.29, 1.82) is 0 Å². The molecule has 0 amide bonds. The number of morpholine rings is 1. The van der Waals surface area contributed by atoms with Crippen LogP contribution in [0, 0.1) is 0 Å². The van der Waals surface area contributed by atoms with Crippen LogP contribution in [0.4, 0.5) is 5.69 Å². The van der Waals surface area contributed by atoms with Crippen molar-refractivity contribution in [3.8, 4) is 11.5 Å². The molecule has 1 aliphatic heterocycles. The lowest BCUT2D eigenvalue weighted by atomic mass is 10.1. The number of nitrogens with zero attached hydrogens (tertiary/aromatic N) is 4. The Hall–Kier alpha value is -2.90. The third-order valence-electron chi connectivity index (χ3n) is 5.57. The molecule has 29 heavy (non-hydrogen) atoms. The molecule has 2 N–H and O–H groups in total. The van der Waals surface area contributed by atoms with Crippen molar-refractivity contribution < 1.29 is 4.74 Å². The van der Waals surface area contributed by atoms with Gasteiger partial charge >= 0.3 is 0 Å². The zero-order chi connectivity index (χ0) is 20.0. The number of likely N-dealkylation sites (N-methyl/N-ethyl adjacent to an activating group) is 1. The van der Waals surface area contributed by atoms with Crippen LogP contribution in [0.5, 0.6) is 0 Å². The number of imidazole rings is 1. The molecule has 2 atom stereocenters. The molecule has 4 aromatic rings. The maximum absolute atomic E-state index is 6.02. The molecule has 3 heterocycles. The Kier molecular flexibility index (Phi) is 4.49. The molecule has 2 aromatic heterocycles. The van der Waals surface area contributed by atoms with Crippen LogP contribution in [0.25, 0.3) is 33.5 Å². The largest absolute Gasteiger partial charge is 0.373 e. The number of rotatable bonds is 4. The summed E-state index contributed by atoms with van der Waals surface area (Å²) in [5, 5.41) is 8.63. The number of aromatic amines is 2. The number of anilines is 1. The molecule has 0 saturated carbocycles. The zero-order valence-corrected chi connectivity index (χ0v) is 17.0. The fraction of sp³-hybridized carbons (Fsp3) is 0.364. The van der Waals surface area contributed by atoms with Crippen LogP contribution in [0.3, 0.4) is 0 Å². The number of benzene rings is 2. The van der Waals surface area contributed by atoms with Crippen LogP contribution in [0.15, 0.2) is 42.5 Å². The number of aromatic nitrogens is 4. The van der Waals surface area contributed by atoms with E-state index in [0.717, 1.165) is 53.2 Å². The number of H-pyrrole nitrogens is 2. The normalized spacial score (nSPS) is 20.2. The van der Waals surface area contributed by atoms with Gasteiger partial charge in [0.25, 0.3) is 0 Å². The summed E-state index contributed by atoms with van der Waals surface area (Å²) >= 11 is 0. The molecule has 7 heteroatoms. The summed E-state index contributed by atoms with van der Waals surface area (Å²) in [4.78, 5) is 12.9. The van der Waals surface area contributed by atoms with Gasteiger partial charge in [0, 0.05) is 30.2 Å². The number of hydrogen-bond acceptors (Lipinski definition) is 5. The van der Waals surface area contributed by atoms with E-state index in [2.05, 4.69) is 70.3 Å². The molecule has 2 unspecified atom stereocenters. The number of hydrogen-bond donors (Lipinski definition) is 2. The average Bonchev–Trinajstić information content (AvgIpc) is 3.32. The molecule has 5 rings (SSSR count). The molecule has 150 valence electrons. The first-order chi connectivity index (χ1) is 14.1. The standard InChI is InChI=1S/C22H26N6O/c1-14-13-29-16(11-27(2)3)12-28(14)15-8-9-19-20(10-15)24-22(23-19)21-17-6-4-5-7-18(17)25-26-21/h4-10,14,16H,11-13H2,1-3H3,(H,23,24)(H,25,26). The first-order valence-corrected chi connectivity index (χ1v) is 10.0. The maximum Gasteiger partial charge on any atom is 0.159 e. The second-order valence-corrected chi connectivity index (χ2v) is 8.12. The number of para-hydroxylation sites is 1. The van der Waals surface area contributed by atoms with Gasteiger partial charge in [0.1, 0.15) is 5.69 Å². The van der Waals surface area contributed by atoms with Crippen molar-refractivity contribution in [1.82, 2.24) is 25.1 Å². The highest BCUT2D eigenvalue weighted by molar-refractivity contribution is 5.93. The van der Waals surface area contributed by atoms with Gasteiger partial charge in [-0.15, -0.1) is 0 Å². The molecule has 0 spiro atoms. The lowest BCUT2D eigenvalue weighted by Crippen LogP contribution is -2.51. The predicted molar refractivity (Wildman–Crippen MR) is 116 cm³/mol. The van der Waals surface area contributed by atoms with Crippen molar-refractivity contribution in [3.63, 3.8) is 0 Å². The Balaban J connectivity index is 1.48. The third kappa shape index (κ3) is 3.36. The summed E-state index contributed by atoms with van der Waals surface area (Å²) in [6.07, 6.45) is 0.213. The first kappa shape index (κ1) is 18.1. The average molecular weight is 390 g/mol. The van der Waals surface area contributed by atoms with Crippen molar-refractivity contribution >= 4 is 27.6 Å². The molecule has 0 radical (unpaired) electrons. The van der Waals surface area contributed by atoms with Crippen LogP contribution >= 0.6 is 0 Å². The number of fused-ring (bicyclic) bond motifs is 2. The van der Waals surface area contributed by atoms with Gasteiger partial charge in [0.05, 0.1) is 29.3 Å². The van der Waals surface area contributed by atoms with Crippen LogP contribution < -0.4 is 4.90 Å². The highest BCUT2D eigenvalue weighted by atomic mass is 16.5. The lowest BCUT2D eigenvalue weighted by molar-refractivity contribution is 0.00880. The lowest BCUT2D eigenvalue weighted by Gasteiger charge is -2.40. The van der Waals surface area contributed by atoms with Crippen molar-refractivity contribution in [2.75, 3.05) is 38.7 Å². The quantitative estimate of drug-likeness (QED) is 0.560. The number of ether oxygens (including phenoxy) is 1. The molecule has 0 aliphatic carbocycles. The molecule has 7 nitrogen and oxygen atoms in total. The molecular formula is C22H26N6O. The Labute approximate surface area is 169 Å². The molecule has 1 aliphatic rings. The third-order valence-corrected chi connectivity index (χ3v) is 5.57. The maximum atomic E-state index is 6.02. The van der Waals surface area contributed by atoms with E-state index < -0.39 is 0 Å². The SMILES string of the molecule is CC1COC(CN(C)C)CN1c1ccc2nc(-c3n[nH]c4ccccc34)[nH]c2c1. The van der Waals surface area contributed by atoms with E-state index in [1.54, 1.807) is 0 Å². The van der Waals surface area contributed by atoms with Gasteiger partial charge in [-0.2, -0.15) is 5.10 Å². The summed E-state index contributed by atoms with van der Waals surface area (Å²) in [5.74, 6) is 0.787. The van der Waals surface area contributed by atoms with Crippen molar-refractivity contribution in [2.45, 2.75) is 19.1 Å². The van der Waals surface area contributed by atoms with E-state index in [1.165, 1.54) is 5.69 Å². The summed E-state index contributed by atoms with van der Waals surface area (Å²) in [6.45, 7) is 4.76. The summed E-state index contributed by atoms with van der Waals surface area (Å²) in [6, 6.07) is 14.9. The molecular weight excluding hydrogens is 364 g/mol. The predicted octanol–water partition coefficient (Wildman–Crippen LogP) is 3.26. The number of nitrogens with one attached hydrogen (secondary N) is 2. The Morgan fingerprint density at radius 2 is 2.03 bits per heavy atom. The molecule has 1 saturated heterocycles. The highest BCUT2D eigenvalue weighted by Gasteiger charge is 2.27. The van der Waals surface area contributed by atoms with Crippen LogP contribution in [0.2, 0.25) is 0 Å². The second-order valence-electron chi connectivity index (χ2n) is 8.12. The summed E-state index contributed by atoms with van der Waals surface area (Å²) < 4.78 is 6.02. The van der Waals surface area contributed by atoms with E-state index in [1.807, 2.05) is 18.2 Å². The summed E-state index contributed by atoms with van der Waals surface area (Å²) in [7, 11) is 4.17. The van der Waals surface area contributed by atoms with Gasteiger partial charge in [0.15, 0.2) is 5.82 Å². The van der Waals surface area contributed by atoms with E-state index in [-0.39, 0.29) is 6.10 Å². The minimum Gasteiger partial charge on any atom is -0.373 e. The fourth-order valence-electron chi connectivity index (χ4n) is 4.13. The van der Waals surface area contributed by atoms with Crippen molar-refractivity contribution in [3.05, 3.63) is 42.5 Å². The Morgan fingerprint density at radius 1 is 1.17 bits per heavy atom. The van der Waals surface area contributed by atoms with Crippen LogP contribution in [-0.2, 0) is 4.74 Å². The Bertz CT molecular complexity index is 1150. The van der Waals surface area contributed by atoms with Gasteiger partial charge < -0.3 is 19.5 Å². The smallest absolute Gasteiger partial charge is 0.159 e. The minimum absolute atomic E-state index is 0.213. The first-order valence-electron chi connectivity index (χ1n) is 10.0. The monoisotopic (exact) mass is 390 g/mol. The van der Waals surface area contributed by atoms with E-state index in [4.69, 9.17) is 9.72 Å². The zero-order valence-electron chi connectivity index (χ0n) is 17.0. The highest BCUT2D eigenvalue weighted by Crippen LogP contribution is 2.29. The van der Waals surface area contributed by atoms with Gasteiger partial charge in [-0.25, -0.2) is 4.98 Å². The van der Waals surface area contributed by atoms with Crippen LogP contribution in [-0.4, -0.2) is 71.0 Å². The van der Waals surface area contributed by atoms with Gasteiger partial charge in [-0.05, 0) is 45.3 Å². The van der Waals surface area contributed by atoms with E-state index in [0.29, 0.717) is 6.04 Å². The minimum atomic E-state index is 0.213. The van der Waals surface area contributed by atoms with Gasteiger partial charge in [-0.3, -0.25) is 5.10 Å². The topological polar surface area (TPSA) is 73.1 Å².